The Kier molecular flexibility index (Phi) is 6.31. The number of benzene rings is 1. The van der Waals surface area contributed by atoms with E-state index < -0.39 is 36.8 Å². The molecule has 0 aromatic heterocycles. The summed E-state index contributed by atoms with van der Waals surface area (Å²) < 4.78 is 45.0. The van der Waals surface area contributed by atoms with Gasteiger partial charge in [-0.1, -0.05) is 30.3 Å². The summed E-state index contributed by atoms with van der Waals surface area (Å²) in [5.74, 6) is 0. The number of hydrogen-bond donors (Lipinski definition) is 1. The van der Waals surface area contributed by atoms with E-state index in [0.29, 0.717) is 5.56 Å². The molecule has 2 rings (SSSR count). The van der Waals surface area contributed by atoms with Gasteiger partial charge in [-0.15, -0.1) is 0 Å². The molecule has 134 valence electrons. The van der Waals surface area contributed by atoms with Crippen molar-refractivity contribution in [2.45, 2.75) is 38.1 Å². The molecule has 1 aliphatic heterocycles. The number of ether oxygens (including phenoxy) is 1. The molecule has 1 aromatic rings. The maximum Gasteiger partial charge on any atom is 0.408 e. The van der Waals surface area contributed by atoms with E-state index in [1.807, 2.05) is 0 Å². The molecule has 0 bridgehead atoms. The molecule has 1 fully saturated rings. The van der Waals surface area contributed by atoms with E-state index in [2.05, 4.69) is 5.32 Å². The summed E-state index contributed by atoms with van der Waals surface area (Å²) >= 11 is 5.02. The van der Waals surface area contributed by atoms with Crippen LogP contribution in [-0.4, -0.2) is 31.0 Å². The Balaban J connectivity index is 2.23. The van der Waals surface area contributed by atoms with Crippen LogP contribution in [0.5, 0.6) is 0 Å². The van der Waals surface area contributed by atoms with Crippen LogP contribution in [0.1, 0.15) is 31.9 Å². The molecule has 0 unspecified atom stereocenters. The van der Waals surface area contributed by atoms with Crippen LogP contribution in [0.25, 0.3) is 0 Å². The molecule has 2 atom stereocenters. The first-order valence-electron chi connectivity index (χ1n) is 7.62. The summed E-state index contributed by atoms with van der Waals surface area (Å²) in [5, 5.41) is 2.43. The highest BCUT2D eigenvalue weighted by molar-refractivity contribution is 8.10. The Labute approximate surface area is 144 Å². The molecule has 1 N–H and O–H groups in total. The van der Waals surface area contributed by atoms with Crippen LogP contribution in [0.2, 0.25) is 0 Å². The van der Waals surface area contributed by atoms with Crippen molar-refractivity contribution in [1.29, 1.82) is 0 Å². The molecule has 0 saturated carbocycles. The average molecular weight is 379 g/mol. The third-order valence-electron chi connectivity index (χ3n) is 3.50. The van der Waals surface area contributed by atoms with Crippen LogP contribution in [0.4, 0.5) is 13.6 Å². The fourth-order valence-corrected chi connectivity index (χ4v) is 4.91. The van der Waals surface area contributed by atoms with E-state index in [4.69, 9.17) is 25.6 Å². The van der Waals surface area contributed by atoms with Gasteiger partial charge in [0.05, 0.1) is 19.3 Å². The van der Waals surface area contributed by atoms with Gasteiger partial charge in [-0.2, -0.15) is 8.78 Å². The second-order valence-electron chi connectivity index (χ2n) is 5.19. The van der Waals surface area contributed by atoms with Crippen molar-refractivity contribution in [2.24, 2.45) is 0 Å². The van der Waals surface area contributed by atoms with E-state index in [-0.39, 0.29) is 13.2 Å². The second kappa shape index (κ2) is 7.87. The highest BCUT2D eigenvalue weighted by Crippen LogP contribution is 2.64. The van der Waals surface area contributed by atoms with Gasteiger partial charge in [-0.05, 0) is 31.2 Å². The van der Waals surface area contributed by atoms with Gasteiger partial charge in [-0.25, -0.2) is 4.79 Å². The SMILES string of the molecule is CCOP(=S)(OCC)C(F)(F)C[C@H]1NC(=O)O[C@H]1c1ccccc1. The Morgan fingerprint density at radius 2 is 1.83 bits per heavy atom. The first-order chi connectivity index (χ1) is 11.3. The smallest absolute Gasteiger partial charge is 0.408 e. The van der Waals surface area contributed by atoms with Gasteiger partial charge in [0.1, 0.15) is 6.10 Å². The van der Waals surface area contributed by atoms with Gasteiger partial charge in [0.25, 0.3) is 6.49 Å². The molecular weight excluding hydrogens is 359 g/mol. The number of amides is 1. The summed E-state index contributed by atoms with van der Waals surface area (Å²) in [6, 6.07) is 7.82. The number of hydrogen-bond acceptors (Lipinski definition) is 5. The lowest BCUT2D eigenvalue weighted by atomic mass is 10.0. The predicted molar refractivity (Wildman–Crippen MR) is 89.7 cm³/mol. The van der Waals surface area contributed by atoms with Gasteiger partial charge in [0.2, 0.25) is 0 Å². The zero-order chi connectivity index (χ0) is 17.8. The predicted octanol–water partition coefficient (Wildman–Crippen LogP) is 4.20. The minimum absolute atomic E-state index is 0.0303. The molecule has 0 radical (unpaired) electrons. The Hall–Kier alpha value is -1.08. The van der Waals surface area contributed by atoms with Crippen LogP contribution < -0.4 is 5.32 Å². The number of halogens is 2. The fourth-order valence-electron chi connectivity index (χ4n) is 2.50. The minimum atomic E-state index is -3.82. The third kappa shape index (κ3) is 4.11. The van der Waals surface area contributed by atoms with Crippen molar-refractivity contribution in [2.75, 3.05) is 13.2 Å². The van der Waals surface area contributed by atoms with Crippen molar-refractivity contribution < 1.29 is 27.4 Å². The van der Waals surface area contributed by atoms with Crippen molar-refractivity contribution in [3.8, 4) is 0 Å². The number of nitrogens with one attached hydrogen (secondary N) is 1. The zero-order valence-electron chi connectivity index (χ0n) is 13.4. The molecule has 0 spiro atoms. The fraction of sp³-hybridized carbons (Fsp3) is 0.533. The van der Waals surface area contributed by atoms with Gasteiger partial charge in [0.15, 0.2) is 0 Å². The van der Waals surface area contributed by atoms with Gasteiger partial charge in [0, 0.05) is 6.42 Å². The molecule has 1 amide bonds. The van der Waals surface area contributed by atoms with Crippen molar-refractivity contribution >= 4 is 24.4 Å². The highest BCUT2D eigenvalue weighted by Gasteiger charge is 2.53. The van der Waals surface area contributed by atoms with Crippen molar-refractivity contribution in [3.63, 3.8) is 0 Å². The summed E-state index contributed by atoms with van der Waals surface area (Å²) in [6.45, 7) is -0.586. The monoisotopic (exact) mass is 379 g/mol. The maximum atomic E-state index is 14.8. The molecular formula is C15H20F2NO4PS. The standard InChI is InChI=1S/C15H20F2NO4PS/c1-3-20-23(24,21-4-2)15(16,17)10-12-13(22-14(19)18-12)11-8-6-5-7-9-11/h5-9,12-13H,3-4,10H2,1-2H3,(H,18,19)/t12-,13+/m1/s1. The van der Waals surface area contributed by atoms with Crippen molar-refractivity contribution in [3.05, 3.63) is 35.9 Å². The van der Waals surface area contributed by atoms with Crippen LogP contribution in [0, 0.1) is 0 Å². The molecule has 5 nitrogen and oxygen atoms in total. The summed E-state index contributed by atoms with van der Waals surface area (Å²) in [4.78, 5) is 11.6. The number of alkyl carbamates (subject to hydrolysis) is 1. The Morgan fingerprint density at radius 3 is 2.38 bits per heavy atom. The molecule has 9 heteroatoms. The molecule has 24 heavy (non-hydrogen) atoms. The average Bonchev–Trinajstić information content (AvgIpc) is 2.88. The number of carbonyl (C=O) groups is 1. The Bertz CT molecular complexity index is 607. The topological polar surface area (TPSA) is 56.8 Å². The second-order valence-corrected chi connectivity index (χ2v) is 8.80. The van der Waals surface area contributed by atoms with Crippen LogP contribution in [-0.2, 0) is 25.6 Å². The van der Waals surface area contributed by atoms with Crippen LogP contribution in [0.15, 0.2) is 30.3 Å². The number of rotatable bonds is 8. The van der Waals surface area contributed by atoms with E-state index in [0.717, 1.165) is 0 Å². The summed E-state index contributed by atoms with van der Waals surface area (Å²) in [6.07, 6.45) is -2.25. The summed E-state index contributed by atoms with van der Waals surface area (Å²) in [5.41, 5.74) is -2.76. The molecule has 1 saturated heterocycles. The van der Waals surface area contributed by atoms with E-state index in [9.17, 15) is 13.6 Å². The van der Waals surface area contributed by atoms with E-state index >= 15 is 0 Å². The molecule has 1 aliphatic rings. The van der Waals surface area contributed by atoms with E-state index in [1.165, 1.54) is 0 Å². The maximum absolute atomic E-state index is 14.8. The molecule has 1 aromatic carbocycles. The van der Waals surface area contributed by atoms with Gasteiger partial charge in [-0.3, -0.25) is 0 Å². The number of carbonyl (C=O) groups excluding carboxylic acids is 1. The first-order valence-corrected chi connectivity index (χ1v) is 10.3. The van der Waals surface area contributed by atoms with Gasteiger partial charge >= 0.3 is 11.8 Å². The third-order valence-corrected chi connectivity index (χ3v) is 7.11. The zero-order valence-corrected chi connectivity index (χ0v) is 15.1. The lowest BCUT2D eigenvalue weighted by Gasteiger charge is -2.31. The first kappa shape index (κ1) is 19.2. The highest BCUT2D eigenvalue weighted by atomic mass is 32.5. The summed E-state index contributed by atoms with van der Waals surface area (Å²) in [7, 11) is 0. The number of alkyl halides is 2. The van der Waals surface area contributed by atoms with Crippen LogP contribution >= 0.6 is 6.49 Å². The van der Waals surface area contributed by atoms with E-state index in [1.54, 1.807) is 44.2 Å². The number of cyclic esters (lactones) is 1. The van der Waals surface area contributed by atoms with Gasteiger partial charge < -0.3 is 19.1 Å². The molecule has 1 heterocycles. The molecule has 0 aliphatic carbocycles. The lowest BCUT2D eigenvalue weighted by Crippen LogP contribution is -2.35. The van der Waals surface area contributed by atoms with Crippen LogP contribution in [0.3, 0.4) is 0 Å². The lowest BCUT2D eigenvalue weighted by molar-refractivity contribution is 0.0310. The minimum Gasteiger partial charge on any atom is -0.439 e. The van der Waals surface area contributed by atoms with Crippen molar-refractivity contribution in [1.82, 2.24) is 5.32 Å². The Morgan fingerprint density at radius 1 is 1.25 bits per heavy atom. The largest absolute Gasteiger partial charge is 0.439 e. The normalized spacial score (nSPS) is 21.4. The quantitative estimate of drug-likeness (QED) is 0.686.